The van der Waals surface area contributed by atoms with Crippen LogP contribution in [0.15, 0.2) is 85.1 Å². The van der Waals surface area contributed by atoms with Crippen molar-refractivity contribution in [1.29, 1.82) is 0 Å². The Morgan fingerprint density at radius 1 is 0.591 bits per heavy atom. The van der Waals surface area contributed by atoms with Gasteiger partial charge >= 0.3 is 16.4 Å². The molecular weight excluding hydrogens is 861 g/mol. The topological polar surface area (TPSA) is 178 Å². The molecule has 380 valence electrons. The summed E-state index contributed by atoms with van der Waals surface area (Å²) in [6.07, 6.45) is 49.0. The summed E-state index contributed by atoms with van der Waals surface area (Å²) in [5.41, 5.74) is 0. The summed E-state index contributed by atoms with van der Waals surface area (Å²) < 4.78 is 59.2. The maximum Gasteiger partial charge on any atom is 0.397 e. The van der Waals surface area contributed by atoms with E-state index in [1.54, 1.807) is 0 Å². The molecule has 0 saturated carbocycles. The number of ether oxygens (including phenoxy) is 4. The molecule has 6 unspecified atom stereocenters. The third-order valence-electron chi connectivity index (χ3n) is 11.0. The molecule has 0 radical (unpaired) electrons. The zero-order chi connectivity index (χ0) is 48.2. The van der Waals surface area contributed by atoms with Crippen LogP contribution in [0.3, 0.4) is 0 Å². The minimum Gasteiger partial charge on any atom is -0.457 e. The Kier molecular flexibility index (Phi) is 40.4. The van der Waals surface area contributed by atoms with Crippen molar-refractivity contribution < 1.29 is 56.2 Å². The molecule has 66 heavy (non-hydrogen) atoms. The van der Waals surface area contributed by atoms with Gasteiger partial charge in [0.2, 0.25) is 0 Å². The first-order valence-electron chi connectivity index (χ1n) is 25.3. The summed E-state index contributed by atoms with van der Waals surface area (Å²) in [7, 11) is -5.07. The number of esters is 1. The number of hydrogen-bond acceptors (Lipinski definition) is 11. The molecule has 0 aliphatic carbocycles. The lowest BCUT2D eigenvalue weighted by Crippen LogP contribution is -2.60. The van der Waals surface area contributed by atoms with Crippen LogP contribution in [-0.2, 0) is 38.3 Å². The second kappa shape index (κ2) is 43.6. The molecule has 4 N–H and O–H groups in total. The zero-order valence-electron chi connectivity index (χ0n) is 40.7. The lowest BCUT2D eigenvalue weighted by Gasteiger charge is -2.41. The number of aliphatic hydroxyl groups is 3. The molecule has 0 aromatic rings. The van der Waals surface area contributed by atoms with Crippen molar-refractivity contribution in [1.82, 2.24) is 0 Å². The maximum absolute atomic E-state index is 12.9. The second-order valence-electron chi connectivity index (χ2n) is 17.0. The highest BCUT2D eigenvalue weighted by molar-refractivity contribution is 7.80. The van der Waals surface area contributed by atoms with Crippen LogP contribution in [0, 0.1) is 0 Å². The minimum absolute atomic E-state index is 0.00689. The van der Waals surface area contributed by atoms with Gasteiger partial charge in [-0.05, 0) is 89.9 Å². The number of carbonyl (C=O) groups excluding carboxylic acids is 1. The number of allylic oxidation sites excluding steroid dienone is 14. The highest BCUT2D eigenvalue weighted by Gasteiger charge is 2.48. The highest BCUT2D eigenvalue weighted by Crippen LogP contribution is 2.26. The lowest BCUT2D eigenvalue weighted by atomic mass is 9.99. The molecular formula is C53H90O12S. The first-order valence-corrected chi connectivity index (χ1v) is 26.7. The zero-order valence-corrected chi connectivity index (χ0v) is 41.5. The van der Waals surface area contributed by atoms with Gasteiger partial charge in [0, 0.05) is 13.0 Å². The third kappa shape index (κ3) is 36.3. The van der Waals surface area contributed by atoms with Crippen molar-refractivity contribution in [2.75, 3.05) is 26.4 Å². The van der Waals surface area contributed by atoms with Gasteiger partial charge in [-0.25, -0.2) is 4.18 Å². The fourth-order valence-electron chi connectivity index (χ4n) is 7.20. The van der Waals surface area contributed by atoms with Crippen LogP contribution in [0.25, 0.3) is 0 Å². The Hall–Kier alpha value is -2.72. The molecule has 1 aliphatic rings. The van der Waals surface area contributed by atoms with Crippen LogP contribution < -0.4 is 0 Å². The molecule has 0 amide bonds. The quantitative estimate of drug-likeness (QED) is 0.0197. The Morgan fingerprint density at radius 2 is 1.05 bits per heavy atom. The molecule has 0 aromatic heterocycles. The van der Waals surface area contributed by atoms with Gasteiger partial charge in [0.1, 0.15) is 30.5 Å². The molecule has 0 bridgehead atoms. The van der Waals surface area contributed by atoms with Gasteiger partial charge in [0.25, 0.3) is 0 Å². The summed E-state index contributed by atoms with van der Waals surface area (Å²) in [5, 5.41) is 30.7. The van der Waals surface area contributed by atoms with Crippen molar-refractivity contribution in [3.8, 4) is 0 Å². The van der Waals surface area contributed by atoms with Crippen molar-refractivity contribution in [2.24, 2.45) is 0 Å². The Bertz CT molecular complexity index is 1470. The largest absolute Gasteiger partial charge is 0.457 e. The Balaban J connectivity index is 2.42. The Morgan fingerprint density at radius 3 is 1.55 bits per heavy atom. The van der Waals surface area contributed by atoms with Gasteiger partial charge in [0.15, 0.2) is 6.29 Å². The summed E-state index contributed by atoms with van der Waals surface area (Å²) in [4.78, 5) is 12.9. The fraction of sp³-hybridized carbons (Fsp3) is 0.717. The lowest BCUT2D eigenvalue weighted by molar-refractivity contribution is -0.301. The smallest absolute Gasteiger partial charge is 0.397 e. The standard InChI is InChI=1S/C53H90O12S/c1-3-5-7-9-11-13-15-17-19-21-22-23-24-25-27-29-31-33-35-37-39-41-43-61-45-47(46-62-53-51(57)52(65-66(58,59)60)50(56)48(44-54)64-53)63-49(55)42-40-38-36-34-32-30-28-26-20-18-16-14-12-10-8-6-4-2/h5,7,11,13,17-20,22-23,25,27,31,33,47-48,50-54,56-57H,3-4,6,8-10,12,14-16,21,24,26,28-30,32,34-46H2,1-2H3,(H,58,59,60)/b7-5-,13-11-,19-17-,20-18-,23-22-,27-25-,33-31-. The van der Waals surface area contributed by atoms with Crippen molar-refractivity contribution in [2.45, 2.75) is 218 Å². The second-order valence-corrected chi connectivity index (χ2v) is 18.1. The molecule has 1 fully saturated rings. The first kappa shape index (κ1) is 61.3. The average Bonchev–Trinajstić information content (AvgIpc) is 3.29. The van der Waals surface area contributed by atoms with E-state index in [-0.39, 0.29) is 19.6 Å². The molecule has 13 heteroatoms. The van der Waals surface area contributed by atoms with Crippen LogP contribution in [0.2, 0.25) is 0 Å². The van der Waals surface area contributed by atoms with E-state index in [2.05, 4.69) is 103 Å². The van der Waals surface area contributed by atoms with E-state index in [4.69, 9.17) is 18.9 Å². The van der Waals surface area contributed by atoms with E-state index in [1.807, 2.05) is 0 Å². The van der Waals surface area contributed by atoms with Crippen LogP contribution >= 0.6 is 0 Å². The first-order chi connectivity index (χ1) is 32.1. The maximum atomic E-state index is 12.9. The predicted octanol–water partition coefficient (Wildman–Crippen LogP) is 11.6. The summed E-state index contributed by atoms with van der Waals surface area (Å²) >= 11 is 0. The van der Waals surface area contributed by atoms with Crippen molar-refractivity contribution >= 4 is 16.4 Å². The van der Waals surface area contributed by atoms with Crippen LogP contribution in [0.1, 0.15) is 181 Å². The van der Waals surface area contributed by atoms with Gasteiger partial charge in [-0.3, -0.25) is 9.35 Å². The molecule has 1 rings (SSSR count). The van der Waals surface area contributed by atoms with Crippen molar-refractivity contribution in [3.05, 3.63) is 85.1 Å². The average molecular weight is 951 g/mol. The molecule has 6 atom stereocenters. The number of aliphatic hydroxyl groups excluding tert-OH is 3. The normalized spacial score (nSPS) is 20.2. The van der Waals surface area contributed by atoms with E-state index in [0.29, 0.717) is 13.0 Å². The minimum atomic E-state index is -5.07. The van der Waals surface area contributed by atoms with Gasteiger partial charge in [0.05, 0.1) is 19.8 Å². The monoisotopic (exact) mass is 951 g/mol. The summed E-state index contributed by atoms with van der Waals surface area (Å²) in [6, 6.07) is 0. The van der Waals surface area contributed by atoms with Crippen LogP contribution in [0.5, 0.6) is 0 Å². The summed E-state index contributed by atoms with van der Waals surface area (Å²) in [5.74, 6) is -0.419. The predicted molar refractivity (Wildman–Crippen MR) is 266 cm³/mol. The number of unbranched alkanes of at least 4 members (excludes halogenated alkanes) is 16. The molecule has 12 nitrogen and oxygen atoms in total. The van der Waals surface area contributed by atoms with Crippen molar-refractivity contribution in [3.63, 3.8) is 0 Å². The van der Waals surface area contributed by atoms with E-state index >= 15 is 0 Å². The van der Waals surface area contributed by atoms with E-state index in [9.17, 15) is 33.1 Å². The van der Waals surface area contributed by atoms with Gasteiger partial charge in [-0.1, -0.05) is 170 Å². The molecule has 1 aliphatic heterocycles. The van der Waals surface area contributed by atoms with Crippen LogP contribution in [0.4, 0.5) is 0 Å². The third-order valence-corrected chi connectivity index (χ3v) is 11.5. The molecule has 1 heterocycles. The van der Waals surface area contributed by atoms with Gasteiger partial charge in [-0.15, -0.1) is 0 Å². The number of rotatable bonds is 43. The van der Waals surface area contributed by atoms with Gasteiger partial charge < -0.3 is 34.3 Å². The number of hydrogen-bond donors (Lipinski definition) is 4. The SMILES string of the molecule is CC/C=C\C/C=C\C/C=C\C/C=C\C/C=C\C/C=C\CCCCCOCC(COC1OC(CO)C(O)C(OS(=O)(=O)O)C1O)OC(=O)CCCCCCCCC/C=C\CCCCCCCC. The molecule has 0 spiro atoms. The van der Waals surface area contributed by atoms with Gasteiger partial charge in [-0.2, -0.15) is 8.42 Å². The number of carbonyl (C=O) groups is 1. The van der Waals surface area contributed by atoms with E-state index in [0.717, 1.165) is 89.9 Å². The molecule has 1 saturated heterocycles. The summed E-state index contributed by atoms with van der Waals surface area (Å²) in [6.45, 7) is 3.78. The van der Waals surface area contributed by atoms with E-state index < -0.39 is 59.8 Å². The Labute approximate surface area is 400 Å². The fourth-order valence-corrected chi connectivity index (χ4v) is 7.71. The van der Waals surface area contributed by atoms with Crippen LogP contribution in [-0.4, -0.2) is 97.5 Å². The highest BCUT2D eigenvalue weighted by atomic mass is 32.3. The molecule has 0 aromatic carbocycles. The van der Waals surface area contributed by atoms with E-state index in [1.165, 1.54) is 64.2 Å².